The first kappa shape index (κ1) is 14.5. The molecule has 15 heavy (non-hydrogen) atoms. The third kappa shape index (κ3) is 5.23. The smallest absolute Gasteiger partial charge is 0.00664 e. The molecule has 0 heteroatoms. The van der Waals surface area contributed by atoms with Crippen LogP contribution in [0.5, 0.6) is 0 Å². The Morgan fingerprint density at radius 2 is 1.80 bits per heavy atom. The van der Waals surface area contributed by atoms with Gasteiger partial charge < -0.3 is 0 Å². The lowest BCUT2D eigenvalue weighted by Crippen LogP contribution is -2.18. The SMILES string of the molecule is C=C=C(C(C)C)C(C)(C)CCCCCC. The van der Waals surface area contributed by atoms with Gasteiger partial charge in [-0.2, -0.15) is 0 Å². The summed E-state index contributed by atoms with van der Waals surface area (Å²) in [7, 11) is 0. The summed E-state index contributed by atoms with van der Waals surface area (Å²) in [5, 5.41) is 0. The van der Waals surface area contributed by atoms with Crippen LogP contribution >= 0.6 is 0 Å². The van der Waals surface area contributed by atoms with Crippen LogP contribution in [0.3, 0.4) is 0 Å². The molecule has 0 aliphatic heterocycles. The minimum absolute atomic E-state index is 0.281. The Hall–Kier alpha value is -0.480. The van der Waals surface area contributed by atoms with Crippen molar-refractivity contribution in [2.24, 2.45) is 11.3 Å². The van der Waals surface area contributed by atoms with E-state index in [-0.39, 0.29) is 5.41 Å². The van der Waals surface area contributed by atoms with Crippen LogP contribution in [0.25, 0.3) is 0 Å². The zero-order valence-corrected chi connectivity index (χ0v) is 11.3. The van der Waals surface area contributed by atoms with E-state index in [9.17, 15) is 0 Å². The molecular formula is C15H28. The molecule has 0 atom stereocenters. The second-order valence-corrected chi connectivity index (χ2v) is 5.44. The number of unbranched alkanes of at least 4 members (excludes halogenated alkanes) is 3. The fraction of sp³-hybridized carbons (Fsp3) is 0.800. The lowest BCUT2D eigenvalue weighted by Gasteiger charge is -2.29. The monoisotopic (exact) mass is 208 g/mol. The van der Waals surface area contributed by atoms with Crippen LogP contribution < -0.4 is 0 Å². The van der Waals surface area contributed by atoms with Crippen molar-refractivity contribution in [1.82, 2.24) is 0 Å². The molecule has 0 heterocycles. The van der Waals surface area contributed by atoms with Gasteiger partial charge in [-0.25, -0.2) is 0 Å². The molecule has 0 rings (SSSR count). The summed E-state index contributed by atoms with van der Waals surface area (Å²) >= 11 is 0. The lowest BCUT2D eigenvalue weighted by atomic mass is 9.75. The average molecular weight is 208 g/mol. The average Bonchev–Trinajstić information content (AvgIpc) is 2.12. The maximum absolute atomic E-state index is 3.83. The van der Waals surface area contributed by atoms with Crippen molar-refractivity contribution in [3.05, 3.63) is 17.9 Å². The van der Waals surface area contributed by atoms with Gasteiger partial charge in [-0.1, -0.05) is 66.9 Å². The molecule has 0 aliphatic rings. The fourth-order valence-electron chi connectivity index (χ4n) is 2.35. The number of rotatable bonds is 7. The molecule has 88 valence electrons. The van der Waals surface area contributed by atoms with Gasteiger partial charge in [0.15, 0.2) is 0 Å². The zero-order valence-electron chi connectivity index (χ0n) is 11.3. The van der Waals surface area contributed by atoms with Gasteiger partial charge in [0.25, 0.3) is 0 Å². The Labute approximate surface area is 96.5 Å². The molecule has 0 amide bonds. The molecule has 0 fully saturated rings. The largest absolute Gasteiger partial charge is 0.129 e. The highest BCUT2D eigenvalue weighted by Crippen LogP contribution is 2.36. The summed E-state index contributed by atoms with van der Waals surface area (Å²) in [5.41, 5.74) is 4.82. The summed E-state index contributed by atoms with van der Waals surface area (Å²) in [4.78, 5) is 0. The predicted octanol–water partition coefficient (Wildman–Crippen LogP) is 5.35. The molecule has 0 aromatic heterocycles. The molecule has 0 nitrogen and oxygen atoms in total. The molecule has 0 radical (unpaired) electrons. The Kier molecular flexibility index (Phi) is 6.68. The van der Waals surface area contributed by atoms with E-state index in [1.807, 2.05) is 0 Å². The first-order chi connectivity index (χ1) is 6.95. The van der Waals surface area contributed by atoms with Crippen LogP contribution in [0.4, 0.5) is 0 Å². The zero-order chi connectivity index (χ0) is 11.9. The predicted molar refractivity (Wildman–Crippen MR) is 70.0 cm³/mol. The van der Waals surface area contributed by atoms with Crippen LogP contribution in [0, 0.1) is 11.3 Å². The molecule has 0 N–H and O–H groups in total. The van der Waals surface area contributed by atoms with E-state index in [1.165, 1.54) is 37.7 Å². The van der Waals surface area contributed by atoms with Crippen molar-refractivity contribution in [3.63, 3.8) is 0 Å². The number of hydrogen-bond donors (Lipinski definition) is 0. The van der Waals surface area contributed by atoms with Gasteiger partial charge in [0.1, 0.15) is 0 Å². The lowest BCUT2D eigenvalue weighted by molar-refractivity contribution is 0.355. The van der Waals surface area contributed by atoms with Crippen molar-refractivity contribution >= 4 is 0 Å². The maximum Gasteiger partial charge on any atom is -0.00664 e. The summed E-state index contributed by atoms with van der Waals surface area (Å²) in [6.45, 7) is 15.2. The van der Waals surface area contributed by atoms with Crippen molar-refractivity contribution in [2.75, 3.05) is 0 Å². The minimum Gasteiger partial charge on any atom is -0.129 e. The van der Waals surface area contributed by atoms with Crippen molar-refractivity contribution in [2.45, 2.75) is 66.7 Å². The highest BCUT2D eigenvalue weighted by Gasteiger charge is 2.24. The third-order valence-electron chi connectivity index (χ3n) is 3.15. The highest BCUT2D eigenvalue weighted by atomic mass is 14.3. The van der Waals surface area contributed by atoms with Gasteiger partial charge in [0, 0.05) is 0 Å². The van der Waals surface area contributed by atoms with E-state index in [4.69, 9.17) is 0 Å². The van der Waals surface area contributed by atoms with Crippen LogP contribution in [-0.4, -0.2) is 0 Å². The van der Waals surface area contributed by atoms with E-state index >= 15 is 0 Å². The third-order valence-corrected chi connectivity index (χ3v) is 3.15. The normalized spacial score (nSPS) is 11.6. The standard InChI is InChI=1S/C15H28/c1-7-9-10-11-12-15(5,6)14(8-2)13(3)4/h13H,2,7,9-12H2,1,3-6H3. The Balaban J connectivity index is 4.21. The molecular weight excluding hydrogens is 180 g/mol. The minimum atomic E-state index is 0.281. The first-order valence-electron chi connectivity index (χ1n) is 6.36. The Bertz CT molecular complexity index is 214. The van der Waals surface area contributed by atoms with Gasteiger partial charge in [0.2, 0.25) is 0 Å². The van der Waals surface area contributed by atoms with E-state index in [0.717, 1.165) is 0 Å². The summed E-state index contributed by atoms with van der Waals surface area (Å²) < 4.78 is 0. The number of hydrogen-bond acceptors (Lipinski definition) is 0. The Morgan fingerprint density at radius 3 is 2.20 bits per heavy atom. The van der Waals surface area contributed by atoms with Gasteiger partial charge >= 0.3 is 0 Å². The van der Waals surface area contributed by atoms with Crippen molar-refractivity contribution in [3.8, 4) is 0 Å². The van der Waals surface area contributed by atoms with Gasteiger partial charge in [-0.15, -0.1) is 5.73 Å². The van der Waals surface area contributed by atoms with Gasteiger partial charge in [-0.05, 0) is 23.3 Å². The fourth-order valence-corrected chi connectivity index (χ4v) is 2.35. The molecule has 0 spiro atoms. The maximum atomic E-state index is 3.83. The molecule has 0 saturated heterocycles. The topological polar surface area (TPSA) is 0 Å². The van der Waals surface area contributed by atoms with Crippen LogP contribution in [0.15, 0.2) is 17.9 Å². The molecule has 0 bridgehead atoms. The summed E-state index contributed by atoms with van der Waals surface area (Å²) in [5.74, 6) is 0.573. The van der Waals surface area contributed by atoms with Crippen LogP contribution in [-0.2, 0) is 0 Å². The molecule has 0 aromatic rings. The molecule has 0 aromatic carbocycles. The molecule has 0 unspecified atom stereocenters. The van der Waals surface area contributed by atoms with E-state index in [0.29, 0.717) is 5.92 Å². The number of allylic oxidation sites excluding steroid dienone is 1. The van der Waals surface area contributed by atoms with Gasteiger partial charge in [-0.3, -0.25) is 0 Å². The quantitative estimate of drug-likeness (QED) is 0.391. The van der Waals surface area contributed by atoms with E-state index < -0.39 is 0 Å². The van der Waals surface area contributed by atoms with Crippen LogP contribution in [0.2, 0.25) is 0 Å². The van der Waals surface area contributed by atoms with E-state index in [1.54, 1.807) is 0 Å². The summed E-state index contributed by atoms with van der Waals surface area (Å²) in [6, 6.07) is 0. The second-order valence-electron chi connectivity index (χ2n) is 5.44. The van der Waals surface area contributed by atoms with Crippen molar-refractivity contribution in [1.29, 1.82) is 0 Å². The van der Waals surface area contributed by atoms with E-state index in [2.05, 4.69) is 46.9 Å². The molecule has 0 aliphatic carbocycles. The highest BCUT2D eigenvalue weighted by molar-refractivity contribution is 5.12. The van der Waals surface area contributed by atoms with Crippen LogP contribution in [0.1, 0.15) is 66.7 Å². The first-order valence-corrected chi connectivity index (χ1v) is 6.36. The summed E-state index contributed by atoms with van der Waals surface area (Å²) in [6.07, 6.45) is 6.64. The van der Waals surface area contributed by atoms with Crippen molar-refractivity contribution < 1.29 is 0 Å². The molecule has 0 saturated carbocycles. The Morgan fingerprint density at radius 1 is 1.20 bits per heavy atom. The van der Waals surface area contributed by atoms with Gasteiger partial charge in [0.05, 0.1) is 0 Å². The second kappa shape index (κ2) is 6.90.